The summed E-state index contributed by atoms with van der Waals surface area (Å²) in [7, 11) is 0. The summed E-state index contributed by atoms with van der Waals surface area (Å²) in [5.74, 6) is 0.410. The maximum absolute atomic E-state index is 8.95. The monoisotopic (exact) mass is 227 g/mol. The zero-order chi connectivity index (χ0) is 10.8. The van der Waals surface area contributed by atoms with Crippen LogP contribution >= 0.6 is 12.2 Å². The van der Waals surface area contributed by atoms with E-state index in [9.17, 15) is 0 Å². The highest BCUT2D eigenvalue weighted by Crippen LogP contribution is 2.27. The molecule has 1 fully saturated rings. The molecule has 6 heteroatoms. The van der Waals surface area contributed by atoms with E-state index < -0.39 is 0 Å². The van der Waals surface area contributed by atoms with Gasteiger partial charge in [0.05, 0.1) is 12.7 Å². The molecule has 0 spiro atoms. The van der Waals surface area contributed by atoms with Crippen molar-refractivity contribution in [2.45, 2.75) is 25.2 Å². The Balaban J connectivity index is 2.20. The number of aromatic nitrogens is 2. The average Bonchev–Trinajstić information content (AvgIpc) is 2.66. The van der Waals surface area contributed by atoms with Gasteiger partial charge >= 0.3 is 0 Å². The molecule has 0 aliphatic carbocycles. The van der Waals surface area contributed by atoms with Gasteiger partial charge in [-0.3, -0.25) is 4.57 Å². The summed E-state index contributed by atoms with van der Waals surface area (Å²) in [5.41, 5.74) is 5.51. The predicted octanol–water partition coefficient (Wildman–Crippen LogP) is 0.865. The Morgan fingerprint density at radius 2 is 2.47 bits per heavy atom. The molecule has 5 nitrogen and oxygen atoms in total. The van der Waals surface area contributed by atoms with Gasteiger partial charge in [0.1, 0.15) is 12.0 Å². The number of aliphatic hydroxyl groups is 1. The molecule has 2 rings (SSSR count). The molecule has 1 aliphatic rings. The molecule has 1 aromatic rings. The minimum Gasteiger partial charge on any atom is -0.394 e. The standard InChI is InChI=1S/C9H13N3O2S/c10-7-3-4-12(9(15)11-7)8-2-1-6(5-13)14-8/h3-4,6,8,13H,1-2,5H2,(H2,10,11,15)/t6-,8+/m1/s1. The lowest BCUT2D eigenvalue weighted by Gasteiger charge is -2.15. The van der Waals surface area contributed by atoms with Gasteiger partial charge in [-0.1, -0.05) is 0 Å². The van der Waals surface area contributed by atoms with Crippen molar-refractivity contribution in [2.24, 2.45) is 0 Å². The van der Waals surface area contributed by atoms with Crippen molar-refractivity contribution in [3.8, 4) is 0 Å². The fraction of sp³-hybridized carbons (Fsp3) is 0.556. The van der Waals surface area contributed by atoms with Crippen LogP contribution in [0.4, 0.5) is 5.82 Å². The summed E-state index contributed by atoms with van der Waals surface area (Å²) in [5, 5.41) is 8.95. The van der Waals surface area contributed by atoms with Crippen molar-refractivity contribution in [3.05, 3.63) is 17.0 Å². The number of nitrogens with zero attached hydrogens (tertiary/aromatic N) is 2. The average molecular weight is 227 g/mol. The van der Waals surface area contributed by atoms with E-state index in [1.165, 1.54) is 0 Å². The molecule has 0 bridgehead atoms. The minimum absolute atomic E-state index is 0.0478. The summed E-state index contributed by atoms with van der Waals surface area (Å²) in [6.07, 6.45) is 3.24. The van der Waals surface area contributed by atoms with Gasteiger partial charge < -0.3 is 15.6 Å². The Bertz CT molecular complexity index is 407. The van der Waals surface area contributed by atoms with Crippen LogP contribution < -0.4 is 5.73 Å². The number of nitrogen functional groups attached to an aromatic ring is 1. The van der Waals surface area contributed by atoms with Crippen molar-refractivity contribution in [2.75, 3.05) is 12.3 Å². The van der Waals surface area contributed by atoms with Crippen LogP contribution in [0.15, 0.2) is 12.3 Å². The highest BCUT2D eigenvalue weighted by molar-refractivity contribution is 7.71. The van der Waals surface area contributed by atoms with Crippen LogP contribution in [0.3, 0.4) is 0 Å². The molecular formula is C9H13N3O2S. The Labute approximate surface area is 92.5 Å². The van der Waals surface area contributed by atoms with Crippen molar-refractivity contribution >= 4 is 18.0 Å². The summed E-state index contributed by atoms with van der Waals surface area (Å²) in [6.45, 7) is 0.0478. The van der Waals surface area contributed by atoms with Crippen molar-refractivity contribution in [3.63, 3.8) is 0 Å². The molecule has 1 saturated heterocycles. The van der Waals surface area contributed by atoms with Gasteiger partial charge in [-0.25, -0.2) is 4.98 Å². The van der Waals surface area contributed by atoms with E-state index in [0.29, 0.717) is 10.6 Å². The molecule has 1 aliphatic heterocycles. The van der Waals surface area contributed by atoms with Crippen LogP contribution in [0.5, 0.6) is 0 Å². The van der Waals surface area contributed by atoms with Crippen LogP contribution in [-0.2, 0) is 4.74 Å². The Kier molecular flexibility index (Phi) is 2.99. The van der Waals surface area contributed by atoms with E-state index in [1.54, 1.807) is 16.8 Å². The van der Waals surface area contributed by atoms with E-state index in [0.717, 1.165) is 12.8 Å². The van der Waals surface area contributed by atoms with Gasteiger partial charge in [0, 0.05) is 6.20 Å². The van der Waals surface area contributed by atoms with Crippen molar-refractivity contribution in [1.82, 2.24) is 9.55 Å². The van der Waals surface area contributed by atoms with Crippen LogP contribution in [0.25, 0.3) is 0 Å². The van der Waals surface area contributed by atoms with Gasteiger partial charge in [-0.15, -0.1) is 0 Å². The second-order valence-electron chi connectivity index (χ2n) is 3.51. The number of rotatable bonds is 2. The Hall–Kier alpha value is -0.980. The van der Waals surface area contributed by atoms with Crippen molar-refractivity contribution < 1.29 is 9.84 Å². The third-order valence-electron chi connectivity index (χ3n) is 2.45. The zero-order valence-electron chi connectivity index (χ0n) is 8.17. The largest absolute Gasteiger partial charge is 0.394 e. The SMILES string of the molecule is Nc1ccn([C@@H]2CC[C@H](CO)O2)c(=S)n1. The molecule has 0 aromatic carbocycles. The number of nitrogens with two attached hydrogens (primary N) is 1. The molecule has 0 amide bonds. The number of anilines is 1. The maximum atomic E-state index is 8.95. The lowest BCUT2D eigenvalue weighted by atomic mass is 10.2. The fourth-order valence-electron chi connectivity index (χ4n) is 1.67. The quantitative estimate of drug-likeness (QED) is 0.733. The lowest BCUT2D eigenvalue weighted by Crippen LogP contribution is -2.15. The smallest absolute Gasteiger partial charge is 0.203 e. The molecule has 0 saturated carbocycles. The van der Waals surface area contributed by atoms with E-state index in [1.807, 2.05) is 0 Å². The summed E-state index contributed by atoms with van der Waals surface area (Å²) >= 11 is 5.08. The van der Waals surface area contributed by atoms with Crippen LogP contribution in [0.1, 0.15) is 19.1 Å². The highest BCUT2D eigenvalue weighted by Gasteiger charge is 2.25. The molecule has 0 radical (unpaired) electrons. The number of hydrogen-bond acceptors (Lipinski definition) is 5. The van der Waals surface area contributed by atoms with Gasteiger partial charge in [0.25, 0.3) is 0 Å². The van der Waals surface area contributed by atoms with Gasteiger partial charge in [0.15, 0.2) is 0 Å². The zero-order valence-corrected chi connectivity index (χ0v) is 8.98. The summed E-state index contributed by atoms with van der Waals surface area (Å²) in [4.78, 5) is 3.98. The first-order chi connectivity index (χ1) is 7.20. The van der Waals surface area contributed by atoms with Gasteiger partial charge in [-0.05, 0) is 31.1 Å². The van der Waals surface area contributed by atoms with E-state index in [-0.39, 0.29) is 18.9 Å². The molecule has 3 N–H and O–H groups in total. The topological polar surface area (TPSA) is 73.3 Å². The molecule has 82 valence electrons. The van der Waals surface area contributed by atoms with Gasteiger partial charge in [-0.2, -0.15) is 0 Å². The molecule has 2 atom stereocenters. The number of hydrogen-bond donors (Lipinski definition) is 2. The Morgan fingerprint density at radius 3 is 3.07 bits per heavy atom. The number of ether oxygens (including phenoxy) is 1. The first-order valence-electron chi connectivity index (χ1n) is 4.81. The first kappa shape index (κ1) is 10.5. The molecule has 1 aromatic heterocycles. The van der Waals surface area contributed by atoms with E-state index in [2.05, 4.69) is 4.98 Å². The lowest BCUT2D eigenvalue weighted by molar-refractivity contribution is -0.0236. The van der Waals surface area contributed by atoms with E-state index in [4.69, 9.17) is 27.8 Å². The molecular weight excluding hydrogens is 214 g/mol. The summed E-state index contributed by atoms with van der Waals surface area (Å²) in [6, 6.07) is 1.69. The minimum atomic E-state index is -0.122. The number of aliphatic hydroxyl groups excluding tert-OH is 1. The van der Waals surface area contributed by atoms with Crippen LogP contribution in [-0.4, -0.2) is 27.4 Å². The van der Waals surface area contributed by atoms with Crippen LogP contribution in [0, 0.1) is 4.77 Å². The summed E-state index contributed by atoms with van der Waals surface area (Å²) < 4.78 is 7.76. The van der Waals surface area contributed by atoms with Crippen molar-refractivity contribution in [1.29, 1.82) is 0 Å². The molecule has 0 unspecified atom stereocenters. The third-order valence-corrected chi connectivity index (χ3v) is 2.75. The normalized spacial score (nSPS) is 25.7. The molecule has 15 heavy (non-hydrogen) atoms. The second-order valence-corrected chi connectivity index (χ2v) is 3.88. The Morgan fingerprint density at radius 1 is 1.67 bits per heavy atom. The van der Waals surface area contributed by atoms with E-state index >= 15 is 0 Å². The molecule has 2 heterocycles. The predicted molar refractivity (Wildman–Crippen MR) is 57.7 cm³/mol. The van der Waals surface area contributed by atoms with Crippen LogP contribution in [0.2, 0.25) is 0 Å². The third kappa shape index (κ3) is 2.17. The fourth-order valence-corrected chi connectivity index (χ4v) is 1.95. The highest BCUT2D eigenvalue weighted by atomic mass is 32.1. The van der Waals surface area contributed by atoms with Gasteiger partial charge in [0.2, 0.25) is 4.77 Å². The second kappa shape index (κ2) is 4.26. The maximum Gasteiger partial charge on any atom is 0.203 e. The first-order valence-corrected chi connectivity index (χ1v) is 5.22.